The van der Waals surface area contributed by atoms with Gasteiger partial charge >= 0.3 is 0 Å². The first kappa shape index (κ1) is 13.6. The highest BCUT2D eigenvalue weighted by molar-refractivity contribution is 6.29. The highest BCUT2D eigenvalue weighted by Gasteiger charge is 2.07. The van der Waals surface area contributed by atoms with Crippen molar-refractivity contribution in [2.24, 2.45) is 0 Å². The van der Waals surface area contributed by atoms with Crippen molar-refractivity contribution >= 4 is 22.8 Å². The fraction of sp³-hybridized carbons (Fsp3) is 0.231. The standard InChI is InChI=1S/C13H15ClN4O/c1-15-8-10(4-3-7-19-2)11-9-16-13-6-5-12(14)17-18(11)13/h3-6,8-9,15H,7H2,1-2H3/b4-3-,10-8+. The molecule has 0 bridgehead atoms. The third-order valence-corrected chi connectivity index (χ3v) is 2.69. The molecule has 0 aromatic carbocycles. The summed E-state index contributed by atoms with van der Waals surface area (Å²) < 4.78 is 6.71. The van der Waals surface area contributed by atoms with E-state index < -0.39 is 0 Å². The Kier molecular flexibility index (Phi) is 4.54. The Morgan fingerprint density at radius 1 is 1.53 bits per heavy atom. The molecule has 5 nitrogen and oxygen atoms in total. The number of fused-ring (bicyclic) bond motifs is 1. The molecule has 0 aliphatic carbocycles. The van der Waals surface area contributed by atoms with Crippen molar-refractivity contribution in [3.05, 3.63) is 47.5 Å². The lowest BCUT2D eigenvalue weighted by molar-refractivity contribution is 0.234. The van der Waals surface area contributed by atoms with Crippen LogP contribution in [0.2, 0.25) is 5.15 Å². The fourth-order valence-electron chi connectivity index (χ4n) is 1.68. The summed E-state index contributed by atoms with van der Waals surface area (Å²) in [6, 6.07) is 3.55. The van der Waals surface area contributed by atoms with Gasteiger partial charge in [0, 0.05) is 25.9 Å². The lowest BCUT2D eigenvalue weighted by atomic mass is 10.2. The average Bonchev–Trinajstić information content (AvgIpc) is 2.81. The minimum Gasteiger partial charge on any atom is -0.393 e. The van der Waals surface area contributed by atoms with Gasteiger partial charge in [-0.1, -0.05) is 23.8 Å². The van der Waals surface area contributed by atoms with Crippen LogP contribution < -0.4 is 5.32 Å². The van der Waals surface area contributed by atoms with Crippen molar-refractivity contribution in [3.8, 4) is 0 Å². The number of allylic oxidation sites excluding steroid dienone is 2. The maximum atomic E-state index is 5.92. The van der Waals surface area contributed by atoms with Crippen molar-refractivity contribution in [3.63, 3.8) is 0 Å². The van der Waals surface area contributed by atoms with Crippen molar-refractivity contribution in [1.82, 2.24) is 19.9 Å². The Bertz CT molecular complexity index is 618. The van der Waals surface area contributed by atoms with Gasteiger partial charge in [-0.2, -0.15) is 5.10 Å². The summed E-state index contributed by atoms with van der Waals surface area (Å²) in [5, 5.41) is 7.69. The highest BCUT2D eigenvalue weighted by Crippen LogP contribution is 2.17. The van der Waals surface area contributed by atoms with Gasteiger partial charge in [0.25, 0.3) is 0 Å². The first-order chi connectivity index (χ1) is 9.26. The minimum atomic E-state index is 0.427. The van der Waals surface area contributed by atoms with Crippen LogP contribution in [-0.4, -0.2) is 35.4 Å². The predicted octanol–water partition coefficient (Wildman–Crippen LogP) is 2.15. The second-order valence-corrected chi connectivity index (χ2v) is 4.20. The second kappa shape index (κ2) is 6.36. The van der Waals surface area contributed by atoms with Gasteiger partial charge in [0.2, 0.25) is 0 Å². The number of hydrogen-bond acceptors (Lipinski definition) is 4. The molecule has 100 valence electrons. The molecule has 0 spiro atoms. The second-order valence-electron chi connectivity index (χ2n) is 3.82. The molecule has 0 radical (unpaired) electrons. The number of aromatic nitrogens is 3. The van der Waals surface area contributed by atoms with E-state index in [1.807, 2.05) is 31.5 Å². The first-order valence-corrected chi connectivity index (χ1v) is 6.17. The summed E-state index contributed by atoms with van der Waals surface area (Å²) in [7, 11) is 3.50. The molecule has 0 amide bonds. The Labute approximate surface area is 116 Å². The first-order valence-electron chi connectivity index (χ1n) is 5.80. The van der Waals surface area contributed by atoms with E-state index in [1.165, 1.54) is 0 Å². The Balaban J connectivity index is 2.44. The molecule has 0 saturated carbocycles. The topological polar surface area (TPSA) is 51.5 Å². The normalized spacial score (nSPS) is 12.5. The average molecular weight is 279 g/mol. The largest absolute Gasteiger partial charge is 0.393 e. The van der Waals surface area contributed by atoms with E-state index in [9.17, 15) is 0 Å². The molecule has 2 heterocycles. The molecule has 6 heteroatoms. The van der Waals surface area contributed by atoms with Crippen molar-refractivity contribution in [2.45, 2.75) is 0 Å². The summed E-state index contributed by atoms with van der Waals surface area (Å²) in [4.78, 5) is 4.30. The third-order valence-electron chi connectivity index (χ3n) is 2.49. The molecule has 0 aliphatic heterocycles. The number of nitrogens with one attached hydrogen (secondary N) is 1. The van der Waals surface area contributed by atoms with Gasteiger partial charge in [-0.05, 0) is 12.1 Å². The lowest BCUT2D eigenvalue weighted by Crippen LogP contribution is -2.00. The van der Waals surface area contributed by atoms with Crippen LogP contribution >= 0.6 is 11.6 Å². The smallest absolute Gasteiger partial charge is 0.154 e. The number of rotatable bonds is 5. The molecular formula is C13H15ClN4O. The van der Waals surface area contributed by atoms with Gasteiger partial charge in [0.05, 0.1) is 18.5 Å². The Morgan fingerprint density at radius 2 is 2.37 bits per heavy atom. The Hall–Kier alpha value is -1.85. The van der Waals surface area contributed by atoms with Gasteiger partial charge in [0.1, 0.15) is 5.15 Å². The molecule has 0 fully saturated rings. The van der Waals surface area contributed by atoms with E-state index in [0.29, 0.717) is 11.8 Å². The molecule has 0 saturated heterocycles. The number of halogens is 1. The van der Waals surface area contributed by atoms with Crippen molar-refractivity contribution in [2.75, 3.05) is 20.8 Å². The minimum absolute atomic E-state index is 0.427. The zero-order valence-corrected chi connectivity index (χ0v) is 11.6. The SMILES string of the molecule is CN/C=C(\C=C/COC)c1cnc2ccc(Cl)nn12. The van der Waals surface area contributed by atoms with E-state index in [1.54, 1.807) is 23.9 Å². The van der Waals surface area contributed by atoms with Crippen molar-refractivity contribution < 1.29 is 4.74 Å². The zero-order valence-electron chi connectivity index (χ0n) is 10.8. The van der Waals surface area contributed by atoms with E-state index in [2.05, 4.69) is 15.4 Å². The predicted molar refractivity (Wildman–Crippen MR) is 76.0 cm³/mol. The summed E-state index contributed by atoms with van der Waals surface area (Å²) in [6.45, 7) is 0.548. The highest BCUT2D eigenvalue weighted by atomic mass is 35.5. The van der Waals surface area contributed by atoms with Gasteiger partial charge in [-0.25, -0.2) is 9.50 Å². The molecule has 2 aromatic heterocycles. The van der Waals surface area contributed by atoms with Crippen LogP contribution in [-0.2, 0) is 4.74 Å². The number of nitrogens with zero attached hydrogens (tertiary/aromatic N) is 3. The van der Waals surface area contributed by atoms with Gasteiger partial charge in [0.15, 0.2) is 5.65 Å². The molecule has 0 aliphatic rings. The zero-order chi connectivity index (χ0) is 13.7. The monoisotopic (exact) mass is 278 g/mol. The summed E-state index contributed by atoms with van der Waals surface area (Å²) in [6.07, 6.45) is 7.51. The molecule has 1 N–H and O–H groups in total. The van der Waals surface area contributed by atoms with Gasteiger partial charge in [-0.3, -0.25) is 0 Å². The number of ether oxygens (including phenoxy) is 1. The third kappa shape index (κ3) is 3.13. The molecule has 19 heavy (non-hydrogen) atoms. The molecule has 2 rings (SSSR count). The maximum Gasteiger partial charge on any atom is 0.154 e. The summed E-state index contributed by atoms with van der Waals surface area (Å²) in [5.74, 6) is 0. The molecule has 0 atom stereocenters. The molecule has 2 aromatic rings. The molecule has 0 unspecified atom stereocenters. The van der Waals surface area contributed by atoms with E-state index in [4.69, 9.17) is 16.3 Å². The van der Waals surface area contributed by atoms with Crippen LogP contribution in [0.4, 0.5) is 0 Å². The van der Waals surface area contributed by atoms with Crippen LogP contribution in [0, 0.1) is 0 Å². The van der Waals surface area contributed by atoms with Crippen LogP contribution in [0.5, 0.6) is 0 Å². The van der Waals surface area contributed by atoms with E-state index in [-0.39, 0.29) is 0 Å². The van der Waals surface area contributed by atoms with Gasteiger partial charge in [-0.15, -0.1) is 0 Å². The summed E-state index contributed by atoms with van der Waals surface area (Å²) in [5.41, 5.74) is 2.56. The van der Waals surface area contributed by atoms with E-state index >= 15 is 0 Å². The summed E-state index contributed by atoms with van der Waals surface area (Å²) >= 11 is 5.92. The van der Waals surface area contributed by atoms with Crippen LogP contribution in [0.3, 0.4) is 0 Å². The lowest BCUT2D eigenvalue weighted by Gasteiger charge is -2.03. The number of methoxy groups -OCH3 is 1. The van der Waals surface area contributed by atoms with Crippen LogP contribution in [0.25, 0.3) is 11.2 Å². The van der Waals surface area contributed by atoms with Gasteiger partial charge < -0.3 is 10.1 Å². The van der Waals surface area contributed by atoms with Crippen LogP contribution in [0.15, 0.2) is 36.7 Å². The number of imidazole rings is 1. The maximum absolute atomic E-state index is 5.92. The van der Waals surface area contributed by atoms with E-state index in [0.717, 1.165) is 16.9 Å². The van der Waals surface area contributed by atoms with Crippen molar-refractivity contribution in [1.29, 1.82) is 0 Å². The fourth-order valence-corrected chi connectivity index (χ4v) is 1.82. The van der Waals surface area contributed by atoms with Crippen LogP contribution in [0.1, 0.15) is 5.69 Å². The quantitative estimate of drug-likeness (QED) is 0.852. The number of hydrogen-bond donors (Lipinski definition) is 1. The Morgan fingerprint density at radius 3 is 3.11 bits per heavy atom. The molecular weight excluding hydrogens is 264 g/mol.